The van der Waals surface area contributed by atoms with Gasteiger partial charge in [-0.25, -0.2) is 9.99 Å². The van der Waals surface area contributed by atoms with Gasteiger partial charge in [0.1, 0.15) is 11.2 Å². The van der Waals surface area contributed by atoms with E-state index in [1.54, 1.807) is 0 Å². The molecule has 6 rings (SSSR count). The molecule has 0 saturated carbocycles. The third-order valence-electron chi connectivity index (χ3n) is 6.07. The summed E-state index contributed by atoms with van der Waals surface area (Å²) in [7, 11) is 0. The summed E-state index contributed by atoms with van der Waals surface area (Å²) in [6.45, 7) is 3.04. The highest BCUT2D eigenvalue weighted by Crippen LogP contribution is 2.48. The average molecular weight is 439 g/mol. The third kappa shape index (κ3) is 2.84. The number of fused-ring (bicyclic) bond motifs is 8. The number of Topliss-reactive ketones (excluding diaryl/α,β-unsaturated/α-hetero) is 1. The molecule has 7 nitrogen and oxygen atoms in total. The van der Waals surface area contributed by atoms with Crippen LogP contribution in [0.4, 0.5) is 5.95 Å². The molecule has 9 heteroatoms. The summed E-state index contributed by atoms with van der Waals surface area (Å²) >= 11 is 3.33. The summed E-state index contributed by atoms with van der Waals surface area (Å²) in [5.41, 5.74) is 6.98. The zero-order valence-corrected chi connectivity index (χ0v) is 18.2. The fourth-order valence-corrected chi connectivity index (χ4v) is 6.83. The maximum Gasteiger partial charge on any atom is 0.249 e. The first-order valence-electron chi connectivity index (χ1n) is 10.3. The van der Waals surface area contributed by atoms with Crippen molar-refractivity contribution >= 4 is 34.8 Å². The average Bonchev–Trinajstić information content (AvgIpc) is 3.48. The number of thioether (sulfide) groups is 1. The first-order valence-corrected chi connectivity index (χ1v) is 12.1. The van der Waals surface area contributed by atoms with Gasteiger partial charge in [0.25, 0.3) is 0 Å². The molecule has 2 atom stereocenters. The number of hydrogen-bond acceptors (Lipinski definition) is 8. The minimum absolute atomic E-state index is 0.0887. The molecule has 1 unspecified atom stereocenters. The Morgan fingerprint density at radius 2 is 2.17 bits per heavy atom. The van der Waals surface area contributed by atoms with Crippen LogP contribution in [-0.2, 0) is 12.8 Å². The monoisotopic (exact) mass is 438 g/mol. The predicted octanol–water partition coefficient (Wildman–Crippen LogP) is 3.31. The lowest BCUT2D eigenvalue weighted by Crippen LogP contribution is -2.39. The van der Waals surface area contributed by atoms with Gasteiger partial charge >= 0.3 is 0 Å². The van der Waals surface area contributed by atoms with Crippen LogP contribution in [0, 0.1) is 5.92 Å². The zero-order valence-electron chi connectivity index (χ0n) is 16.6. The van der Waals surface area contributed by atoms with Crippen molar-refractivity contribution < 1.29 is 4.79 Å². The van der Waals surface area contributed by atoms with E-state index in [2.05, 4.69) is 37.4 Å². The molecule has 0 radical (unpaired) electrons. The van der Waals surface area contributed by atoms with E-state index in [4.69, 9.17) is 0 Å². The number of ketones is 1. The van der Waals surface area contributed by atoms with E-state index in [1.165, 1.54) is 39.2 Å². The molecule has 2 aromatic heterocycles. The predicted molar refractivity (Wildman–Crippen MR) is 118 cm³/mol. The molecule has 4 heterocycles. The molecule has 1 aliphatic carbocycles. The van der Waals surface area contributed by atoms with Gasteiger partial charge in [0.2, 0.25) is 5.95 Å². The van der Waals surface area contributed by atoms with E-state index < -0.39 is 0 Å². The van der Waals surface area contributed by atoms with Crippen LogP contribution in [0.25, 0.3) is 5.00 Å². The minimum Gasteiger partial charge on any atom is -0.293 e. The molecular weight excluding hydrogens is 416 g/mol. The van der Waals surface area contributed by atoms with Crippen molar-refractivity contribution in [1.29, 1.82) is 0 Å². The van der Waals surface area contributed by atoms with Crippen LogP contribution in [0.1, 0.15) is 45.9 Å². The molecule has 0 bridgehead atoms. The van der Waals surface area contributed by atoms with Gasteiger partial charge in [0.15, 0.2) is 10.9 Å². The highest BCUT2D eigenvalue weighted by atomic mass is 32.2. The van der Waals surface area contributed by atoms with E-state index >= 15 is 0 Å². The number of hydrogen-bond donors (Lipinski definition) is 2. The Morgan fingerprint density at radius 1 is 1.30 bits per heavy atom. The quantitative estimate of drug-likeness (QED) is 0.478. The number of benzene rings is 1. The Labute approximate surface area is 182 Å². The first-order chi connectivity index (χ1) is 14.7. The number of nitrogens with one attached hydrogen (secondary N) is 2. The SMILES string of the molecule is C[C@H]1CCc2sc3c(c2C1)C1NCNN1c1nnc(SCC(=O)c2ccccc2)n1-3. The van der Waals surface area contributed by atoms with Crippen molar-refractivity contribution in [1.82, 2.24) is 25.5 Å². The second-order valence-corrected chi connectivity index (χ2v) is 10.1. The van der Waals surface area contributed by atoms with E-state index in [9.17, 15) is 4.79 Å². The number of rotatable bonds is 4. The Bertz CT molecular complexity index is 1120. The first kappa shape index (κ1) is 18.6. The van der Waals surface area contributed by atoms with E-state index in [-0.39, 0.29) is 11.9 Å². The van der Waals surface area contributed by atoms with Gasteiger partial charge in [-0.1, -0.05) is 49.0 Å². The zero-order chi connectivity index (χ0) is 20.2. The molecule has 3 aromatic rings. The van der Waals surface area contributed by atoms with Gasteiger partial charge in [0, 0.05) is 16.0 Å². The summed E-state index contributed by atoms with van der Waals surface area (Å²) in [4.78, 5) is 14.1. The lowest BCUT2D eigenvalue weighted by Gasteiger charge is -2.31. The Hall–Kier alpha value is -2.20. The highest BCUT2D eigenvalue weighted by Gasteiger charge is 2.42. The summed E-state index contributed by atoms with van der Waals surface area (Å²) in [6.07, 6.45) is 3.60. The summed E-state index contributed by atoms with van der Waals surface area (Å²) in [5, 5.41) is 16.6. The number of nitrogens with zero attached hydrogens (tertiary/aromatic N) is 4. The minimum atomic E-state index is 0.0887. The molecule has 0 spiro atoms. The number of aromatic nitrogens is 3. The van der Waals surface area contributed by atoms with E-state index in [0.717, 1.165) is 29.5 Å². The van der Waals surface area contributed by atoms with Crippen LogP contribution in [0.5, 0.6) is 0 Å². The van der Waals surface area contributed by atoms with Crippen molar-refractivity contribution in [3.8, 4) is 5.00 Å². The van der Waals surface area contributed by atoms with Crippen LogP contribution >= 0.6 is 23.1 Å². The Morgan fingerprint density at radius 3 is 3.03 bits per heavy atom. The van der Waals surface area contributed by atoms with E-state index in [1.807, 2.05) is 41.7 Å². The number of thiophene rings is 1. The van der Waals surface area contributed by atoms with Crippen LogP contribution < -0.4 is 15.8 Å². The van der Waals surface area contributed by atoms with E-state index in [0.29, 0.717) is 18.3 Å². The second kappa shape index (κ2) is 7.19. The molecule has 154 valence electrons. The van der Waals surface area contributed by atoms with Crippen molar-refractivity contribution in [3.63, 3.8) is 0 Å². The van der Waals surface area contributed by atoms with Crippen LogP contribution in [0.2, 0.25) is 0 Å². The standard InChI is InChI=1S/C21H22N6OS2/c1-12-7-8-16-14(9-12)17-18-22-11-23-27(18)20-24-25-21(26(20)19(17)30-16)29-10-15(28)13-5-3-2-4-6-13/h2-6,12,18,22-23H,7-11H2,1H3/t12-,18?/m0/s1. The molecule has 2 N–H and O–H groups in total. The van der Waals surface area contributed by atoms with Crippen molar-refractivity contribution in [2.24, 2.45) is 5.92 Å². The molecule has 1 saturated heterocycles. The fraction of sp³-hybridized carbons (Fsp3) is 0.381. The number of aryl methyl sites for hydroxylation is 1. The smallest absolute Gasteiger partial charge is 0.249 e. The van der Waals surface area contributed by atoms with Gasteiger partial charge in [0.05, 0.1) is 12.4 Å². The van der Waals surface area contributed by atoms with Gasteiger partial charge in [-0.15, -0.1) is 21.5 Å². The summed E-state index contributed by atoms with van der Waals surface area (Å²) in [5.74, 6) is 1.94. The lowest BCUT2D eigenvalue weighted by atomic mass is 9.87. The van der Waals surface area contributed by atoms with Gasteiger partial charge in [-0.3, -0.25) is 15.1 Å². The molecule has 1 aromatic carbocycles. The lowest BCUT2D eigenvalue weighted by molar-refractivity contribution is 0.102. The summed E-state index contributed by atoms with van der Waals surface area (Å²) < 4.78 is 2.14. The second-order valence-electron chi connectivity index (χ2n) is 8.08. The maximum atomic E-state index is 12.6. The fourth-order valence-electron chi connectivity index (χ4n) is 4.57. The number of hydrazine groups is 1. The molecule has 3 aliphatic rings. The van der Waals surface area contributed by atoms with Crippen LogP contribution in [0.3, 0.4) is 0 Å². The van der Waals surface area contributed by atoms with Crippen LogP contribution in [-0.4, -0.2) is 33.0 Å². The van der Waals surface area contributed by atoms with Gasteiger partial charge < -0.3 is 0 Å². The number of carbonyl (C=O) groups excluding carboxylic acids is 1. The molecular formula is C21H22N6OS2. The van der Waals surface area contributed by atoms with Crippen molar-refractivity contribution in [3.05, 3.63) is 51.9 Å². The molecule has 1 fully saturated rings. The van der Waals surface area contributed by atoms with Gasteiger partial charge in [-0.2, -0.15) is 0 Å². The normalized spacial score (nSPS) is 21.7. The van der Waals surface area contributed by atoms with Crippen molar-refractivity contribution in [2.75, 3.05) is 17.4 Å². The molecule has 2 aliphatic heterocycles. The molecule has 0 amide bonds. The van der Waals surface area contributed by atoms with Crippen molar-refractivity contribution in [2.45, 2.75) is 37.5 Å². The number of anilines is 1. The maximum absolute atomic E-state index is 12.6. The molecule has 30 heavy (non-hydrogen) atoms. The topological polar surface area (TPSA) is 75.1 Å². The van der Waals surface area contributed by atoms with Crippen LogP contribution in [0.15, 0.2) is 35.5 Å². The highest BCUT2D eigenvalue weighted by molar-refractivity contribution is 7.99. The Kier molecular flexibility index (Phi) is 4.45. The largest absolute Gasteiger partial charge is 0.293 e. The summed E-state index contributed by atoms with van der Waals surface area (Å²) in [6, 6.07) is 9.44. The number of carbonyl (C=O) groups is 1. The Balaban J connectivity index is 1.38. The third-order valence-corrected chi connectivity index (χ3v) is 8.29. The van der Waals surface area contributed by atoms with Gasteiger partial charge in [-0.05, 0) is 30.7 Å².